The van der Waals surface area contributed by atoms with Crippen molar-refractivity contribution < 1.29 is 14.0 Å². The highest BCUT2D eigenvalue weighted by atomic mass is 32.2. The first-order valence-corrected chi connectivity index (χ1v) is 8.00. The Labute approximate surface area is 142 Å². The van der Waals surface area contributed by atoms with Crippen molar-refractivity contribution >= 4 is 29.3 Å². The number of anilines is 1. The largest absolute Gasteiger partial charge is 0.346 e. The van der Waals surface area contributed by atoms with E-state index in [-0.39, 0.29) is 24.0 Å². The number of allylic oxidation sites excluding steroid dienone is 1. The van der Waals surface area contributed by atoms with Gasteiger partial charge in [-0.05, 0) is 24.3 Å². The summed E-state index contributed by atoms with van der Waals surface area (Å²) in [5.74, 6) is -0.973. The molecule has 0 fully saturated rings. The molecule has 0 bridgehead atoms. The number of benzene rings is 1. The number of rotatable bonds is 8. The highest BCUT2D eigenvalue weighted by Crippen LogP contribution is 2.14. The predicted molar refractivity (Wildman–Crippen MR) is 89.0 cm³/mol. The maximum atomic E-state index is 12.8. The average Bonchev–Trinajstić information content (AvgIpc) is 3.01. The molecule has 126 valence electrons. The van der Waals surface area contributed by atoms with Gasteiger partial charge in [0.05, 0.1) is 12.3 Å². The summed E-state index contributed by atoms with van der Waals surface area (Å²) in [5.41, 5.74) is 0.461. The molecule has 0 spiro atoms. The first-order valence-electron chi connectivity index (χ1n) is 7.02. The molecule has 1 aromatic carbocycles. The first-order chi connectivity index (χ1) is 11.6. The van der Waals surface area contributed by atoms with E-state index in [2.05, 4.69) is 27.4 Å². The van der Waals surface area contributed by atoms with Gasteiger partial charge >= 0.3 is 0 Å². The molecule has 1 aromatic heterocycles. The van der Waals surface area contributed by atoms with Crippen LogP contribution in [0.15, 0.2) is 48.4 Å². The minimum absolute atomic E-state index is 0.111. The number of nitrogens with zero attached hydrogens (tertiary/aromatic N) is 3. The molecule has 2 N–H and O–H groups in total. The number of nitrogens with one attached hydrogen (secondary N) is 2. The van der Waals surface area contributed by atoms with Crippen molar-refractivity contribution in [3.63, 3.8) is 0 Å². The van der Waals surface area contributed by atoms with Gasteiger partial charge in [0.2, 0.25) is 11.8 Å². The van der Waals surface area contributed by atoms with Crippen LogP contribution in [0.3, 0.4) is 0 Å². The van der Waals surface area contributed by atoms with Crippen LogP contribution in [0.2, 0.25) is 0 Å². The third kappa shape index (κ3) is 5.51. The quantitative estimate of drug-likeness (QED) is 0.556. The topological polar surface area (TPSA) is 88.9 Å². The molecule has 0 atom stereocenters. The molecule has 24 heavy (non-hydrogen) atoms. The van der Waals surface area contributed by atoms with Gasteiger partial charge in [-0.2, -0.15) is 0 Å². The van der Waals surface area contributed by atoms with Crippen molar-refractivity contribution in [1.82, 2.24) is 20.1 Å². The lowest BCUT2D eigenvalue weighted by molar-refractivity contribution is -0.122. The van der Waals surface area contributed by atoms with Crippen LogP contribution in [-0.2, 0) is 16.1 Å². The standard InChI is InChI=1S/C15H16FN5O2S/c1-2-7-21-10-18-20-15(21)24-9-14(23)17-8-13(22)19-12-5-3-11(16)4-6-12/h2-6,10H,1,7-9H2,(H,17,23)(H,19,22). The molecule has 0 unspecified atom stereocenters. The molecule has 0 saturated heterocycles. The molecular weight excluding hydrogens is 333 g/mol. The lowest BCUT2D eigenvalue weighted by atomic mass is 10.3. The highest BCUT2D eigenvalue weighted by molar-refractivity contribution is 7.99. The van der Waals surface area contributed by atoms with Gasteiger partial charge in [-0.1, -0.05) is 17.8 Å². The molecule has 0 radical (unpaired) electrons. The number of carbonyl (C=O) groups is 2. The molecule has 1 heterocycles. The summed E-state index contributed by atoms with van der Waals surface area (Å²) in [7, 11) is 0. The lowest BCUT2D eigenvalue weighted by Gasteiger charge is -2.07. The Morgan fingerprint density at radius 2 is 2.04 bits per heavy atom. The van der Waals surface area contributed by atoms with Gasteiger partial charge in [-0.3, -0.25) is 9.59 Å². The van der Waals surface area contributed by atoms with Crippen LogP contribution >= 0.6 is 11.8 Å². The van der Waals surface area contributed by atoms with Gasteiger partial charge in [0.1, 0.15) is 12.1 Å². The van der Waals surface area contributed by atoms with Crippen molar-refractivity contribution in [1.29, 1.82) is 0 Å². The fourth-order valence-electron chi connectivity index (χ4n) is 1.72. The van der Waals surface area contributed by atoms with Crippen LogP contribution in [0.25, 0.3) is 0 Å². The molecule has 0 aliphatic rings. The van der Waals surface area contributed by atoms with Crippen molar-refractivity contribution in [2.24, 2.45) is 0 Å². The summed E-state index contributed by atoms with van der Waals surface area (Å²) in [6.45, 7) is 4.01. The Hall–Kier alpha value is -2.68. The molecule has 0 aliphatic carbocycles. The van der Waals surface area contributed by atoms with Gasteiger partial charge in [-0.25, -0.2) is 4.39 Å². The number of thioether (sulfide) groups is 1. The monoisotopic (exact) mass is 349 g/mol. The second kappa shape index (κ2) is 8.82. The maximum absolute atomic E-state index is 12.8. The Morgan fingerprint density at radius 3 is 2.75 bits per heavy atom. The third-order valence-electron chi connectivity index (χ3n) is 2.81. The van der Waals surface area contributed by atoms with E-state index in [1.54, 1.807) is 17.0 Å². The van der Waals surface area contributed by atoms with Gasteiger partial charge < -0.3 is 15.2 Å². The zero-order valence-electron chi connectivity index (χ0n) is 12.7. The van der Waals surface area contributed by atoms with Crippen LogP contribution in [0.5, 0.6) is 0 Å². The summed E-state index contributed by atoms with van der Waals surface area (Å²) >= 11 is 1.22. The van der Waals surface area contributed by atoms with Crippen molar-refractivity contribution in [2.45, 2.75) is 11.7 Å². The van der Waals surface area contributed by atoms with E-state index >= 15 is 0 Å². The van der Waals surface area contributed by atoms with Gasteiger partial charge in [0.25, 0.3) is 0 Å². The Bertz CT molecular complexity index is 717. The Balaban J connectivity index is 1.72. The SMILES string of the molecule is C=CCn1cnnc1SCC(=O)NCC(=O)Nc1ccc(F)cc1. The number of aromatic nitrogens is 3. The van der Waals surface area contributed by atoms with E-state index in [0.717, 1.165) is 0 Å². The number of halogens is 1. The molecule has 2 amide bonds. The van der Waals surface area contributed by atoms with E-state index in [4.69, 9.17) is 0 Å². The van der Waals surface area contributed by atoms with Crippen LogP contribution in [0.4, 0.5) is 10.1 Å². The molecule has 7 nitrogen and oxygen atoms in total. The van der Waals surface area contributed by atoms with E-state index in [1.807, 2.05) is 0 Å². The summed E-state index contributed by atoms with van der Waals surface area (Å²) in [4.78, 5) is 23.5. The van der Waals surface area contributed by atoms with Gasteiger partial charge in [0, 0.05) is 12.2 Å². The van der Waals surface area contributed by atoms with E-state index in [1.165, 1.54) is 36.0 Å². The van der Waals surface area contributed by atoms with Crippen molar-refractivity contribution in [3.05, 3.63) is 49.1 Å². The Kier molecular flexibility index (Phi) is 6.50. The summed E-state index contributed by atoms with van der Waals surface area (Å²) in [6, 6.07) is 5.36. The van der Waals surface area contributed by atoms with E-state index in [0.29, 0.717) is 17.4 Å². The predicted octanol–water partition coefficient (Wildman–Crippen LogP) is 1.45. The molecular formula is C15H16FN5O2S. The zero-order chi connectivity index (χ0) is 17.4. The molecule has 2 rings (SSSR count). The third-order valence-corrected chi connectivity index (χ3v) is 3.79. The minimum Gasteiger partial charge on any atom is -0.346 e. The average molecular weight is 349 g/mol. The zero-order valence-corrected chi connectivity index (χ0v) is 13.6. The van der Waals surface area contributed by atoms with Gasteiger partial charge in [0.15, 0.2) is 5.16 Å². The fourth-order valence-corrected chi connectivity index (χ4v) is 2.47. The summed E-state index contributed by atoms with van der Waals surface area (Å²) in [5, 5.41) is 13.3. The molecule has 0 aliphatic heterocycles. The van der Waals surface area contributed by atoms with Crippen LogP contribution < -0.4 is 10.6 Å². The van der Waals surface area contributed by atoms with Crippen molar-refractivity contribution in [2.75, 3.05) is 17.6 Å². The highest BCUT2D eigenvalue weighted by Gasteiger charge is 2.09. The normalized spacial score (nSPS) is 10.2. The number of hydrogen-bond acceptors (Lipinski definition) is 5. The molecule has 9 heteroatoms. The first kappa shape index (κ1) is 17.7. The van der Waals surface area contributed by atoms with Gasteiger partial charge in [-0.15, -0.1) is 16.8 Å². The second-order valence-corrected chi connectivity index (χ2v) is 5.62. The van der Waals surface area contributed by atoms with Crippen LogP contribution in [-0.4, -0.2) is 38.9 Å². The van der Waals surface area contributed by atoms with E-state index < -0.39 is 5.91 Å². The number of carbonyl (C=O) groups excluding carboxylic acids is 2. The smallest absolute Gasteiger partial charge is 0.243 e. The van der Waals surface area contributed by atoms with Crippen LogP contribution in [0, 0.1) is 5.82 Å². The summed E-state index contributed by atoms with van der Waals surface area (Å²) in [6.07, 6.45) is 3.26. The van der Waals surface area contributed by atoms with E-state index in [9.17, 15) is 14.0 Å². The molecule has 2 aromatic rings. The van der Waals surface area contributed by atoms with Crippen LogP contribution in [0.1, 0.15) is 0 Å². The second-order valence-electron chi connectivity index (χ2n) is 4.68. The number of hydrogen-bond donors (Lipinski definition) is 2. The minimum atomic E-state index is -0.394. The fraction of sp³-hybridized carbons (Fsp3) is 0.200. The number of amides is 2. The Morgan fingerprint density at radius 1 is 1.29 bits per heavy atom. The molecule has 0 saturated carbocycles. The summed E-state index contributed by atoms with van der Waals surface area (Å²) < 4.78 is 14.5. The van der Waals surface area contributed by atoms with Crippen molar-refractivity contribution in [3.8, 4) is 0 Å². The maximum Gasteiger partial charge on any atom is 0.243 e. The lowest BCUT2D eigenvalue weighted by Crippen LogP contribution is -2.33.